The van der Waals surface area contributed by atoms with E-state index < -0.39 is 0 Å². The normalized spacial score (nSPS) is 15.6. The van der Waals surface area contributed by atoms with Crippen molar-refractivity contribution in [1.29, 1.82) is 0 Å². The smallest absolute Gasteiger partial charge is 0.191 e. The van der Waals surface area contributed by atoms with Gasteiger partial charge in [-0.25, -0.2) is 0 Å². The number of nitrogens with zero attached hydrogens (tertiary/aromatic N) is 2. The van der Waals surface area contributed by atoms with Gasteiger partial charge in [0.25, 0.3) is 0 Å². The third-order valence-electron chi connectivity index (χ3n) is 3.98. The number of guanidine groups is 1. The SMILES string of the molecule is C=CCNC(=NC)NCc1ccc(CN2CCCCC2)cc1.I. The highest BCUT2D eigenvalue weighted by Crippen LogP contribution is 2.13. The molecule has 5 heteroatoms. The minimum absolute atomic E-state index is 0. The van der Waals surface area contributed by atoms with Gasteiger partial charge in [0.05, 0.1) is 0 Å². The molecule has 1 fully saturated rings. The Hall–Kier alpha value is -1.08. The molecule has 4 nitrogen and oxygen atoms in total. The van der Waals surface area contributed by atoms with Crippen molar-refractivity contribution in [2.45, 2.75) is 32.4 Å². The highest BCUT2D eigenvalue weighted by atomic mass is 127. The maximum absolute atomic E-state index is 4.18. The van der Waals surface area contributed by atoms with Gasteiger partial charge in [-0.1, -0.05) is 36.8 Å². The molecule has 1 aromatic carbocycles. The maximum atomic E-state index is 4.18. The summed E-state index contributed by atoms with van der Waals surface area (Å²) in [6.45, 7) is 8.76. The van der Waals surface area contributed by atoms with Gasteiger partial charge in [0.1, 0.15) is 0 Å². The highest BCUT2D eigenvalue weighted by Gasteiger charge is 2.10. The van der Waals surface area contributed by atoms with E-state index in [1.165, 1.54) is 43.5 Å². The monoisotopic (exact) mass is 428 g/mol. The lowest BCUT2D eigenvalue weighted by atomic mass is 10.1. The molecular weight excluding hydrogens is 399 g/mol. The van der Waals surface area contributed by atoms with Gasteiger partial charge in [-0.15, -0.1) is 30.6 Å². The second-order valence-corrected chi connectivity index (χ2v) is 5.75. The van der Waals surface area contributed by atoms with E-state index >= 15 is 0 Å². The molecular formula is C18H29IN4. The van der Waals surface area contributed by atoms with Crippen LogP contribution in [-0.2, 0) is 13.1 Å². The van der Waals surface area contributed by atoms with Gasteiger partial charge < -0.3 is 10.6 Å². The molecule has 128 valence electrons. The van der Waals surface area contributed by atoms with Crippen molar-refractivity contribution in [1.82, 2.24) is 15.5 Å². The zero-order chi connectivity index (χ0) is 15.6. The third-order valence-corrected chi connectivity index (χ3v) is 3.98. The Morgan fingerprint density at radius 3 is 2.39 bits per heavy atom. The van der Waals surface area contributed by atoms with Crippen molar-refractivity contribution in [3.63, 3.8) is 0 Å². The van der Waals surface area contributed by atoms with Gasteiger partial charge in [0.2, 0.25) is 0 Å². The molecule has 0 atom stereocenters. The Labute approximate surface area is 157 Å². The predicted octanol–water partition coefficient (Wildman–Crippen LogP) is 3.14. The molecule has 1 saturated heterocycles. The van der Waals surface area contributed by atoms with Crippen molar-refractivity contribution < 1.29 is 0 Å². The van der Waals surface area contributed by atoms with Crippen LogP contribution in [0.3, 0.4) is 0 Å². The van der Waals surface area contributed by atoms with E-state index in [0.717, 1.165) is 19.0 Å². The van der Waals surface area contributed by atoms with E-state index in [1.807, 2.05) is 6.08 Å². The summed E-state index contributed by atoms with van der Waals surface area (Å²) in [7, 11) is 1.78. The molecule has 1 heterocycles. The average molecular weight is 428 g/mol. The fourth-order valence-corrected chi connectivity index (χ4v) is 2.71. The fraction of sp³-hybridized carbons (Fsp3) is 0.500. The van der Waals surface area contributed by atoms with Crippen LogP contribution < -0.4 is 10.6 Å². The third kappa shape index (κ3) is 7.35. The molecule has 0 spiro atoms. The van der Waals surface area contributed by atoms with E-state index in [1.54, 1.807) is 7.05 Å². The number of hydrogen-bond donors (Lipinski definition) is 2. The molecule has 0 aromatic heterocycles. The van der Waals surface area contributed by atoms with E-state index in [9.17, 15) is 0 Å². The summed E-state index contributed by atoms with van der Waals surface area (Å²) in [5.41, 5.74) is 2.67. The molecule has 0 saturated carbocycles. The van der Waals surface area contributed by atoms with Crippen LogP contribution in [-0.4, -0.2) is 37.5 Å². The number of benzene rings is 1. The summed E-state index contributed by atoms with van der Waals surface area (Å²) in [4.78, 5) is 6.73. The maximum Gasteiger partial charge on any atom is 0.191 e. The van der Waals surface area contributed by atoms with Crippen LogP contribution in [0.2, 0.25) is 0 Å². The molecule has 1 aliphatic heterocycles. The summed E-state index contributed by atoms with van der Waals surface area (Å²) in [5.74, 6) is 0.803. The summed E-state index contributed by atoms with van der Waals surface area (Å²) in [5, 5.41) is 6.47. The average Bonchev–Trinajstić information content (AvgIpc) is 2.57. The van der Waals surface area contributed by atoms with Crippen LogP contribution in [0, 0.1) is 0 Å². The lowest BCUT2D eigenvalue weighted by Crippen LogP contribution is -2.36. The van der Waals surface area contributed by atoms with Crippen molar-refractivity contribution in [2.75, 3.05) is 26.7 Å². The first-order chi connectivity index (χ1) is 10.8. The summed E-state index contributed by atoms with van der Waals surface area (Å²) < 4.78 is 0. The zero-order valence-electron chi connectivity index (χ0n) is 14.1. The van der Waals surface area contributed by atoms with E-state index in [0.29, 0.717) is 6.54 Å². The van der Waals surface area contributed by atoms with Crippen LogP contribution in [0.1, 0.15) is 30.4 Å². The highest BCUT2D eigenvalue weighted by molar-refractivity contribution is 14.0. The summed E-state index contributed by atoms with van der Waals surface area (Å²) in [6.07, 6.45) is 5.91. The molecule has 0 radical (unpaired) electrons. The number of hydrogen-bond acceptors (Lipinski definition) is 2. The van der Waals surface area contributed by atoms with Crippen LogP contribution >= 0.6 is 24.0 Å². The largest absolute Gasteiger partial charge is 0.353 e. The number of likely N-dealkylation sites (tertiary alicyclic amines) is 1. The van der Waals surface area contributed by atoms with Gasteiger partial charge in [0, 0.05) is 26.7 Å². The van der Waals surface area contributed by atoms with E-state index in [-0.39, 0.29) is 24.0 Å². The lowest BCUT2D eigenvalue weighted by Gasteiger charge is -2.26. The first-order valence-corrected chi connectivity index (χ1v) is 8.17. The minimum atomic E-state index is 0. The first-order valence-electron chi connectivity index (χ1n) is 8.17. The van der Waals surface area contributed by atoms with E-state index in [2.05, 4.69) is 51.4 Å². The standard InChI is InChI=1S/C18H28N4.HI/c1-3-11-20-18(19-2)21-14-16-7-9-17(10-8-16)15-22-12-5-4-6-13-22;/h3,7-10H,1,4-6,11-15H2,2H3,(H2,19,20,21);1H. The Bertz CT molecular complexity index is 478. The van der Waals surface area contributed by atoms with Gasteiger partial charge in [0.15, 0.2) is 5.96 Å². The number of nitrogens with one attached hydrogen (secondary N) is 2. The second kappa shape index (κ2) is 11.5. The van der Waals surface area contributed by atoms with Gasteiger partial charge >= 0.3 is 0 Å². The predicted molar refractivity (Wildman–Crippen MR) is 109 cm³/mol. The zero-order valence-corrected chi connectivity index (χ0v) is 16.4. The number of halogens is 1. The Morgan fingerprint density at radius 1 is 1.13 bits per heavy atom. The van der Waals surface area contributed by atoms with Crippen molar-refractivity contribution >= 4 is 29.9 Å². The van der Waals surface area contributed by atoms with Crippen LogP contribution in [0.25, 0.3) is 0 Å². The van der Waals surface area contributed by atoms with E-state index in [4.69, 9.17) is 0 Å². The molecule has 2 rings (SSSR count). The molecule has 0 unspecified atom stereocenters. The van der Waals surface area contributed by atoms with Crippen LogP contribution in [0.4, 0.5) is 0 Å². The van der Waals surface area contributed by atoms with Crippen molar-refractivity contribution in [2.24, 2.45) is 4.99 Å². The van der Waals surface area contributed by atoms with Crippen LogP contribution in [0.5, 0.6) is 0 Å². The molecule has 1 aliphatic rings. The van der Waals surface area contributed by atoms with Gasteiger partial charge in [-0.05, 0) is 37.1 Å². The minimum Gasteiger partial charge on any atom is -0.353 e. The molecule has 0 amide bonds. The quantitative estimate of drug-likeness (QED) is 0.317. The van der Waals surface area contributed by atoms with Crippen molar-refractivity contribution in [3.8, 4) is 0 Å². The summed E-state index contributed by atoms with van der Waals surface area (Å²) in [6, 6.07) is 8.89. The molecule has 0 bridgehead atoms. The Kier molecular flexibility index (Phi) is 9.94. The Balaban J connectivity index is 0.00000264. The second-order valence-electron chi connectivity index (χ2n) is 5.75. The molecule has 2 N–H and O–H groups in total. The molecule has 1 aromatic rings. The topological polar surface area (TPSA) is 39.7 Å². The lowest BCUT2D eigenvalue weighted by molar-refractivity contribution is 0.221. The van der Waals surface area contributed by atoms with Gasteiger partial charge in [-0.3, -0.25) is 9.89 Å². The molecule has 0 aliphatic carbocycles. The first kappa shape index (κ1) is 20.0. The van der Waals surface area contributed by atoms with Crippen LogP contribution in [0.15, 0.2) is 41.9 Å². The summed E-state index contributed by atoms with van der Waals surface area (Å²) >= 11 is 0. The van der Waals surface area contributed by atoms with Crippen molar-refractivity contribution in [3.05, 3.63) is 48.0 Å². The Morgan fingerprint density at radius 2 is 1.78 bits per heavy atom. The fourth-order valence-electron chi connectivity index (χ4n) is 2.71. The van der Waals surface area contributed by atoms with Gasteiger partial charge in [-0.2, -0.15) is 0 Å². The number of piperidine rings is 1. The number of aliphatic imine (C=N–C) groups is 1. The number of rotatable bonds is 6. The molecule has 23 heavy (non-hydrogen) atoms.